The molecule has 1 saturated carbocycles. The Kier molecular flexibility index (Phi) is 7.11. The molecule has 1 aliphatic rings. The normalized spacial score (nSPS) is 15.2. The minimum Gasteiger partial charge on any atom is -0.491 e. The zero-order valence-corrected chi connectivity index (χ0v) is 16.0. The van der Waals surface area contributed by atoms with Crippen LogP contribution in [-0.2, 0) is 6.42 Å². The standard InChI is InChI=1S/C24H31FO/c1-2-3-17-26-24-16-15-22(18-23(24)25)21-13-11-20(12-14-21)10-9-19-7-5-4-6-8-19/h11-16,18-19H,2-10,17H2,1H3. The van der Waals surface area contributed by atoms with Crippen molar-refractivity contribution in [3.05, 3.63) is 53.8 Å². The van der Waals surface area contributed by atoms with Crippen molar-refractivity contribution in [2.24, 2.45) is 5.92 Å². The fourth-order valence-electron chi connectivity index (χ4n) is 3.83. The molecule has 140 valence electrons. The van der Waals surface area contributed by atoms with Crippen LogP contribution >= 0.6 is 0 Å². The highest BCUT2D eigenvalue weighted by molar-refractivity contribution is 5.64. The van der Waals surface area contributed by atoms with Gasteiger partial charge >= 0.3 is 0 Å². The van der Waals surface area contributed by atoms with Gasteiger partial charge in [0.25, 0.3) is 0 Å². The Hall–Kier alpha value is -1.83. The molecule has 1 aliphatic carbocycles. The van der Waals surface area contributed by atoms with Gasteiger partial charge in [-0.1, -0.05) is 75.8 Å². The summed E-state index contributed by atoms with van der Waals surface area (Å²) in [6.45, 7) is 2.67. The van der Waals surface area contributed by atoms with Gasteiger partial charge < -0.3 is 4.74 Å². The molecule has 0 aliphatic heterocycles. The van der Waals surface area contributed by atoms with E-state index < -0.39 is 0 Å². The summed E-state index contributed by atoms with van der Waals surface area (Å²) < 4.78 is 19.7. The molecule has 0 aromatic heterocycles. The molecule has 0 heterocycles. The Morgan fingerprint density at radius 2 is 1.69 bits per heavy atom. The molecule has 0 bridgehead atoms. The van der Waals surface area contributed by atoms with Crippen LogP contribution in [0.25, 0.3) is 11.1 Å². The minimum absolute atomic E-state index is 0.278. The van der Waals surface area contributed by atoms with Crippen LogP contribution in [0.5, 0.6) is 5.75 Å². The first-order valence-electron chi connectivity index (χ1n) is 10.3. The van der Waals surface area contributed by atoms with Gasteiger partial charge in [0.1, 0.15) is 0 Å². The maximum absolute atomic E-state index is 14.2. The number of benzene rings is 2. The first-order chi connectivity index (χ1) is 12.8. The Morgan fingerprint density at radius 1 is 0.962 bits per heavy atom. The summed E-state index contributed by atoms with van der Waals surface area (Å²) in [6, 6.07) is 13.9. The van der Waals surface area contributed by atoms with E-state index in [1.165, 1.54) is 44.1 Å². The van der Waals surface area contributed by atoms with Crippen LogP contribution in [0.2, 0.25) is 0 Å². The lowest BCUT2D eigenvalue weighted by Gasteiger charge is -2.21. The van der Waals surface area contributed by atoms with Crippen LogP contribution in [0.3, 0.4) is 0 Å². The highest BCUT2D eigenvalue weighted by Crippen LogP contribution is 2.29. The topological polar surface area (TPSA) is 9.23 Å². The molecule has 0 spiro atoms. The third-order valence-corrected chi connectivity index (χ3v) is 5.54. The second kappa shape index (κ2) is 9.75. The predicted molar refractivity (Wildman–Crippen MR) is 107 cm³/mol. The molecule has 2 aromatic rings. The molecular formula is C24H31FO. The van der Waals surface area contributed by atoms with E-state index in [-0.39, 0.29) is 5.82 Å². The summed E-state index contributed by atoms with van der Waals surface area (Å²) >= 11 is 0. The number of hydrogen-bond acceptors (Lipinski definition) is 1. The summed E-state index contributed by atoms with van der Waals surface area (Å²) in [5.41, 5.74) is 3.36. The molecular weight excluding hydrogens is 323 g/mol. The van der Waals surface area contributed by atoms with Gasteiger partial charge in [-0.25, -0.2) is 4.39 Å². The lowest BCUT2D eigenvalue weighted by Crippen LogP contribution is -2.07. The van der Waals surface area contributed by atoms with E-state index in [2.05, 4.69) is 31.2 Å². The van der Waals surface area contributed by atoms with Crippen molar-refractivity contribution >= 4 is 0 Å². The van der Waals surface area contributed by atoms with Gasteiger partial charge in [-0.15, -0.1) is 0 Å². The van der Waals surface area contributed by atoms with Gasteiger partial charge in [0.15, 0.2) is 11.6 Å². The van der Waals surface area contributed by atoms with Crippen molar-refractivity contribution < 1.29 is 9.13 Å². The first-order valence-corrected chi connectivity index (χ1v) is 10.3. The quantitative estimate of drug-likeness (QED) is 0.456. The number of halogens is 1. The minimum atomic E-state index is -0.278. The van der Waals surface area contributed by atoms with Gasteiger partial charge in [0.05, 0.1) is 6.61 Å². The second-order valence-electron chi connectivity index (χ2n) is 7.59. The number of hydrogen-bond donors (Lipinski definition) is 0. The summed E-state index contributed by atoms with van der Waals surface area (Å²) in [4.78, 5) is 0. The molecule has 26 heavy (non-hydrogen) atoms. The van der Waals surface area contributed by atoms with Crippen LogP contribution < -0.4 is 4.74 Å². The van der Waals surface area contributed by atoms with E-state index in [1.807, 2.05) is 6.07 Å². The first kappa shape index (κ1) is 18.9. The zero-order valence-electron chi connectivity index (χ0n) is 16.0. The zero-order chi connectivity index (χ0) is 18.2. The highest BCUT2D eigenvalue weighted by atomic mass is 19.1. The molecule has 1 nitrogen and oxygen atoms in total. The average Bonchev–Trinajstić information content (AvgIpc) is 2.69. The van der Waals surface area contributed by atoms with Crippen molar-refractivity contribution in [2.75, 3.05) is 6.61 Å². The molecule has 0 radical (unpaired) electrons. The number of rotatable bonds is 8. The third-order valence-electron chi connectivity index (χ3n) is 5.54. The van der Waals surface area contributed by atoms with Crippen LogP contribution in [0.4, 0.5) is 4.39 Å². The van der Waals surface area contributed by atoms with E-state index in [0.29, 0.717) is 12.4 Å². The van der Waals surface area contributed by atoms with Gasteiger partial charge in [0, 0.05) is 0 Å². The highest BCUT2D eigenvalue weighted by Gasteiger charge is 2.13. The second-order valence-corrected chi connectivity index (χ2v) is 7.59. The number of ether oxygens (including phenoxy) is 1. The SMILES string of the molecule is CCCCOc1ccc(-c2ccc(CCC3CCCCC3)cc2)cc1F. The van der Waals surface area contributed by atoms with Crippen LogP contribution in [0.1, 0.15) is 63.9 Å². The number of unbranched alkanes of at least 4 members (excludes halogenated alkanes) is 1. The largest absolute Gasteiger partial charge is 0.491 e. The van der Waals surface area contributed by atoms with Crippen molar-refractivity contribution in [1.82, 2.24) is 0 Å². The average molecular weight is 355 g/mol. The Morgan fingerprint density at radius 3 is 2.38 bits per heavy atom. The molecule has 3 rings (SSSR count). The third kappa shape index (κ3) is 5.33. The Balaban J connectivity index is 1.58. The Bertz CT molecular complexity index is 671. The van der Waals surface area contributed by atoms with E-state index in [9.17, 15) is 4.39 Å². The summed E-state index contributed by atoms with van der Waals surface area (Å²) in [7, 11) is 0. The van der Waals surface area contributed by atoms with Gasteiger partial charge in [0.2, 0.25) is 0 Å². The van der Waals surface area contributed by atoms with E-state index in [1.54, 1.807) is 12.1 Å². The molecule has 0 atom stereocenters. The van der Waals surface area contributed by atoms with Crippen molar-refractivity contribution in [3.63, 3.8) is 0 Å². The fraction of sp³-hybridized carbons (Fsp3) is 0.500. The van der Waals surface area contributed by atoms with E-state index in [0.717, 1.165) is 36.3 Å². The van der Waals surface area contributed by atoms with Gasteiger partial charge in [-0.3, -0.25) is 0 Å². The van der Waals surface area contributed by atoms with Crippen LogP contribution in [0, 0.1) is 11.7 Å². The summed E-state index contributed by atoms with van der Waals surface area (Å²) in [5.74, 6) is 0.990. The molecule has 1 fully saturated rings. The maximum atomic E-state index is 14.2. The van der Waals surface area contributed by atoms with Crippen molar-refractivity contribution in [1.29, 1.82) is 0 Å². The van der Waals surface area contributed by atoms with Crippen molar-refractivity contribution in [3.8, 4) is 16.9 Å². The predicted octanol–water partition coefficient (Wildman–Crippen LogP) is 7.18. The van der Waals surface area contributed by atoms with Crippen LogP contribution in [0.15, 0.2) is 42.5 Å². The van der Waals surface area contributed by atoms with E-state index >= 15 is 0 Å². The van der Waals surface area contributed by atoms with E-state index in [4.69, 9.17) is 4.74 Å². The summed E-state index contributed by atoms with van der Waals surface area (Å²) in [6.07, 6.45) is 11.5. The molecule has 2 heteroatoms. The summed E-state index contributed by atoms with van der Waals surface area (Å²) in [5, 5.41) is 0. The van der Waals surface area contributed by atoms with Gasteiger partial charge in [-0.05, 0) is 54.0 Å². The maximum Gasteiger partial charge on any atom is 0.165 e. The van der Waals surface area contributed by atoms with Gasteiger partial charge in [-0.2, -0.15) is 0 Å². The smallest absolute Gasteiger partial charge is 0.165 e. The molecule has 0 unspecified atom stereocenters. The lowest BCUT2D eigenvalue weighted by molar-refractivity contribution is 0.294. The monoisotopic (exact) mass is 354 g/mol. The molecule has 0 saturated heterocycles. The lowest BCUT2D eigenvalue weighted by atomic mass is 9.85. The Labute approximate surface area is 157 Å². The van der Waals surface area contributed by atoms with Crippen molar-refractivity contribution in [2.45, 2.75) is 64.7 Å². The number of aryl methyl sites for hydroxylation is 1. The molecule has 0 N–H and O–H groups in total. The fourth-order valence-corrected chi connectivity index (χ4v) is 3.83. The van der Waals surface area contributed by atoms with Crippen LogP contribution in [-0.4, -0.2) is 6.61 Å². The molecule has 2 aromatic carbocycles. The molecule has 0 amide bonds.